The number of benzene rings is 1. The highest BCUT2D eigenvalue weighted by atomic mass is 35.5. The van der Waals surface area contributed by atoms with Gasteiger partial charge in [0.1, 0.15) is 0 Å². The van der Waals surface area contributed by atoms with E-state index in [0.717, 1.165) is 5.56 Å². The molecule has 1 rings (SSSR count). The smallest absolute Gasteiger partial charge is 0.231 e. The molecule has 1 aromatic rings. The first kappa shape index (κ1) is 16.2. The lowest BCUT2D eigenvalue weighted by molar-refractivity contribution is -0.126. The number of nitrogens with one attached hydrogen (secondary N) is 2. The summed E-state index contributed by atoms with van der Waals surface area (Å²) in [5.41, 5.74) is 0.377. The Balaban J connectivity index is 2.53. The molecule has 0 atom stereocenters. The second kappa shape index (κ2) is 6.55. The van der Waals surface area contributed by atoms with Crippen LogP contribution >= 0.6 is 35.4 Å². The van der Waals surface area contributed by atoms with E-state index in [4.69, 9.17) is 35.4 Å². The number of thiocarbonyl (C=S) groups is 1. The van der Waals surface area contributed by atoms with E-state index >= 15 is 0 Å². The van der Waals surface area contributed by atoms with Gasteiger partial charge in [-0.15, -0.1) is 0 Å². The van der Waals surface area contributed by atoms with Crippen LogP contribution in [0.4, 0.5) is 0 Å². The first-order valence-corrected chi connectivity index (χ1v) is 6.90. The summed E-state index contributed by atoms with van der Waals surface area (Å²) >= 11 is 16.9. The SMILES string of the molecule is CC(C)(C)C(=O)NC(=S)NCc1ccc(Cl)cc1Cl. The van der Waals surface area contributed by atoms with E-state index in [-0.39, 0.29) is 11.0 Å². The first-order chi connectivity index (χ1) is 8.70. The summed E-state index contributed by atoms with van der Waals surface area (Å²) in [6, 6.07) is 5.23. The lowest BCUT2D eigenvalue weighted by atomic mass is 9.96. The first-order valence-electron chi connectivity index (χ1n) is 5.73. The number of hydrogen-bond acceptors (Lipinski definition) is 2. The maximum Gasteiger partial charge on any atom is 0.231 e. The van der Waals surface area contributed by atoms with Gasteiger partial charge >= 0.3 is 0 Å². The summed E-state index contributed by atoms with van der Waals surface area (Å²) in [6.07, 6.45) is 0. The third kappa shape index (κ3) is 5.35. The number of hydrogen-bond donors (Lipinski definition) is 2. The summed E-state index contributed by atoms with van der Waals surface area (Å²) < 4.78 is 0. The average molecular weight is 319 g/mol. The molecule has 2 N–H and O–H groups in total. The molecule has 0 aliphatic carbocycles. The average Bonchev–Trinajstić information content (AvgIpc) is 2.26. The van der Waals surface area contributed by atoms with Crippen LogP contribution in [0.1, 0.15) is 26.3 Å². The molecule has 0 spiro atoms. The lowest BCUT2D eigenvalue weighted by Crippen LogP contribution is -2.44. The molecule has 3 nitrogen and oxygen atoms in total. The topological polar surface area (TPSA) is 41.1 Å². The largest absolute Gasteiger partial charge is 0.358 e. The van der Waals surface area contributed by atoms with E-state index in [0.29, 0.717) is 16.6 Å². The van der Waals surface area contributed by atoms with E-state index in [1.807, 2.05) is 26.8 Å². The Morgan fingerprint density at radius 3 is 2.47 bits per heavy atom. The normalized spacial score (nSPS) is 11.0. The summed E-state index contributed by atoms with van der Waals surface area (Å²) in [7, 11) is 0. The number of amides is 1. The van der Waals surface area contributed by atoms with Crippen LogP contribution in [-0.4, -0.2) is 11.0 Å². The van der Waals surface area contributed by atoms with Crippen LogP contribution < -0.4 is 10.6 Å². The molecule has 0 aromatic heterocycles. The third-order valence-corrected chi connectivity index (χ3v) is 3.20. The molecule has 1 amide bonds. The predicted molar refractivity (Wildman–Crippen MR) is 83.5 cm³/mol. The third-order valence-electron chi connectivity index (χ3n) is 2.36. The molecule has 0 heterocycles. The summed E-state index contributed by atoms with van der Waals surface area (Å²) in [5.74, 6) is -0.132. The Bertz CT molecular complexity index is 498. The van der Waals surface area contributed by atoms with Crippen molar-refractivity contribution < 1.29 is 4.79 Å². The fraction of sp³-hybridized carbons (Fsp3) is 0.385. The number of rotatable bonds is 2. The van der Waals surface area contributed by atoms with Gasteiger partial charge in [-0.2, -0.15) is 0 Å². The van der Waals surface area contributed by atoms with Gasteiger partial charge in [-0.25, -0.2) is 0 Å². The minimum Gasteiger partial charge on any atom is -0.358 e. The highest BCUT2D eigenvalue weighted by Crippen LogP contribution is 2.20. The van der Waals surface area contributed by atoms with Crippen molar-refractivity contribution in [3.05, 3.63) is 33.8 Å². The molecule has 0 aliphatic heterocycles. The van der Waals surface area contributed by atoms with Crippen molar-refractivity contribution in [1.29, 1.82) is 0 Å². The second-order valence-corrected chi connectivity index (χ2v) is 6.37. The molecule has 0 radical (unpaired) electrons. The molecule has 0 bridgehead atoms. The van der Waals surface area contributed by atoms with Crippen molar-refractivity contribution >= 4 is 46.4 Å². The maximum atomic E-state index is 11.7. The van der Waals surface area contributed by atoms with Crippen LogP contribution in [0.5, 0.6) is 0 Å². The van der Waals surface area contributed by atoms with Crippen LogP contribution in [0.3, 0.4) is 0 Å². The van der Waals surface area contributed by atoms with Crippen LogP contribution in [0.2, 0.25) is 10.0 Å². The predicted octanol–water partition coefficient (Wildman–Crippen LogP) is 3.53. The monoisotopic (exact) mass is 318 g/mol. The zero-order chi connectivity index (χ0) is 14.6. The second-order valence-electron chi connectivity index (χ2n) is 5.12. The molecule has 0 fully saturated rings. The maximum absolute atomic E-state index is 11.7. The fourth-order valence-corrected chi connectivity index (χ4v) is 1.82. The van der Waals surface area contributed by atoms with Gasteiger partial charge in [-0.05, 0) is 29.9 Å². The van der Waals surface area contributed by atoms with E-state index in [9.17, 15) is 4.79 Å². The number of carbonyl (C=O) groups excluding carboxylic acids is 1. The molecule has 0 unspecified atom stereocenters. The van der Waals surface area contributed by atoms with Crippen LogP contribution in [0.15, 0.2) is 18.2 Å². The molecule has 0 saturated heterocycles. The Morgan fingerprint density at radius 2 is 1.95 bits per heavy atom. The quantitative estimate of drug-likeness (QED) is 0.820. The standard InChI is InChI=1S/C13H16Cl2N2OS/c1-13(2,3)11(18)17-12(19)16-7-8-4-5-9(14)6-10(8)15/h4-6H,7H2,1-3H3,(H2,16,17,18,19). The van der Waals surface area contributed by atoms with Crippen molar-refractivity contribution in [2.75, 3.05) is 0 Å². The highest BCUT2D eigenvalue weighted by molar-refractivity contribution is 7.80. The molecule has 1 aromatic carbocycles. The Kier molecular flexibility index (Phi) is 5.59. The van der Waals surface area contributed by atoms with Gasteiger partial charge in [0.15, 0.2) is 5.11 Å². The van der Waals surface area contributed by atoms with Gasteiger partial charge in [0.2, 0.25) is 5.91 Å². The minimum atomic E-state index is -0.482. The van der Waals surface area contributed by atoms with Crippen LogP contribution in [-0.2, 0) is 11.3 Å². The van der Waals surface area contributed by atoms with Gasteiger partial charge in [0.25, 0.3) is 0 Å². The zero-order valence-corrected chi connectivity index (χ0v) is 13.3. The summed E-state index contributed by atoms with van der Waals surface area (Å²) in [5, 5.41) is 6.99. The zero-order valence-electron chi connectivity index (χ0n) is 11.0. The van der Waals surface area contributed by atoms with Gasteiger partial charge in [0, 0.05) is 22.0 Å². The molecule has 0 aliphatic rings. The highest BCUT2D eigenvalue weighted by Gasteiger charge is 2.21. The van der Waals surface area contributed by atoms with Crippen molar-refractivity contribution in [3.63, 3.8) is 0 Å². The molecular weight excluding hydrogens is 303 g/mol. The summed E-state index contributed by atoms with van der Waals surface area (Å²) in [6.45, 7) is 5.89. The number of carbonyl (C=O) groups is 1. The van der Waals surface area contributed by atoms with Crippen molar-refractivity contribution in [2.45, 2.75) is 27.3 Å². The van der Waals surface area contributed by atoms with Gasteiger partial charge in [-0.1, -0.05) is 50.0 Å². The molecule has 6 heteroatoms. The Morgan fingerprint density at radius 1 is 1.32 bits per heavy atom. The van der Waals surface area contributed by atoms with Crippen molar-refractivity contribution in [3.8, 4) is 0 Å². The Labute approximate surface area is 128 Å². The molecule has 104 valence electrons. The lowest BCUT2D eigenvalue weighted by Gasteiger charge is -2.18. The van der Waals surface area contributed by atoms with E-state index in [1.54, 1.807) is 12.1 Å². The van der Waals surface area contributed by atoms with Crippen LogP contribution in [0.25, 0.3) is 0 Å². The van der Waals surface area contributed by atoms with E-state index < -0.39 is 5.41 Å². The Hall–Kier alpha value is -0.840. The molecule has 19 heavy (non-hydrogen) atoms. The van der Waals surface area contributed by atoms with Crippen molar-refractivity contribution in [1.82, 2.24) is 10.6 Å². The van der Waals surface area contributed by atoms with E-state index in [1.165, 1.54) is 0 Å². The fourth-order valence-electron chi connectivity index (χ4n) is 1.18. The van der Waals surface area contributed by atoms with Gasteiger partial charge in [0.05, 0.1) is 0 Å². The molecule has 0 saturated carbocycles. The molecular formula is C13H16Cl2N2OS. The number of halogens is 2. The summed E-state index contributed by atoms with van der Waals surface area (Å²) in [4.78, 5) is 11.7. The minimum absolute atomic E-state index is 0.132. The van der Waals surface area contributed by atoms with Gasteiger partial charge in [-0.3, -0.25) is 4.79 Å². The van der Waals surface area contributed by atoms with Crippen LogP contribution in [0, 0.1) is 5.41 Å². The van der Waals surface area contributed by atoms with Crippen molar-refractivity contribution in [2.24, 2.45) is 5.41 Å². The van der Waals surface area contributed by atoms with E-state index in [2.05, 4.69) is 10.6 Å². The van der Waals surface area contributed by atoms with Gasteiger partial charge < -0.3 is 10.6 Å².